The Kier molecular flexibility index (Phi) is 7.55. The van der Waals surface area contributed by atoms with Crippen LogP contribution >= 0.6 is 15.9 Å². The van der Waals surface area contributed by atoms with Gasteiger partial charge in [-0.05, 0) is 65.9 Å². The Balaban J connectivity index is 1.32. The number of benzene rings is 2. The van der Waals surface area contributed by atoms with E-state index in [4.69, 9.17) is 4.98 Å². The van der Waals surface area contributed by atoms with E-state index in [9.17, 15) is 9.59 Å². The number of para-hydroxylation sites is 3. The predicted octanol–water partition coefficient (Wildman–Crippen LogP) is 6.81. The molecule has 0 spiro atoms. The largest absolute Gasteiger partial charge is 0.335 e. The van der Waals surface area contributed by atoms with Gasteiger partial charge < -0.3 is 14.4 Å². The van der Waals surface area contributed by atoms with Crippen molar-refractivity contribution in [2.45, 2.75) is 95.2 Å². The summed E-state index contributed by atoms with van der Waals surface area (Å²) in [6.45, 7) is 0.858. The number of rotatable bonds is 6. The van der Waals surface area contributed by atoms with Crippen molar-refractivity contribution in [3.63, 3.8) is 0 Å². The van der Waals surface area contributed by atoms with Crippen molar-refractivity contribution in [3.05, 3.63) is 58.8 Å². The smallest absolute Gasteiger partial charge is 0.243 e. The van der Waals surface area contributed by atoms with E-state index in [1.54, 1.807) is 0 Å². The van der Waals surface area contributed by atoms with Crippen molar-refractivity contribution in [1.29, 1.82) is 0 Å². The Bertz CT molecular complexity index is 1290. The van der Waals surface area contributed by atoms with Gasteiger partial charge in [0.25, 0.3) is 0 Å². The molecular weight excluding hydrogens is 540 g/mol. The first-order chi connectivity index (χ1) is 18.6. The summed E-state index contributed by atoms with van der Waals surface area (Å²) in [5.41, 5.74) is 2.76. The number of fused-ring (bicyclic) bond motifs is 1. The number of nitrogens with zero attached hydrogens (tertiary/aromatic N) is 4. The molecule has 38 heavy (non-hydrogen) atoms. The molecule has 2 heterocycles. The molecule has 3 fully saturated rings. The first kappa shape index (κ1) is 25.6. The van der Waals surface area contributed by atoms with Crippen molar-refractivity contribution >= 4 is 44.5 Å². The average molecular weight is 578 g/mol. The van der Waals surface area contributed by atoms with Crippen LogP contribution in [0.2, 0.25) is 0 Å². The highest BCUT2D eigenvalue weighted by atomic mass is 79.9. The van der Waals surface area contributed by atoms with Crippen molar-refractivity contribution in [1.82, 2.24) is 14.5 Å². The molecule has 0 bridgehead atoms. The Morgan fingerprint density at radius 1 is 0.895 bits per heavy atom. The van der Waals surface area contributed by atoms with Crippen molar-refractivity contribution in [2.24, 2.45) is 0 Å². The molecule has 6 nitrogen and oxygen atoms in total. The highest BCUT2D eigenvalue weighted by molar-refractivity contribution is 9.10. The van der Waals surface area contributed by atoms with E-state index in [1.807, 2.05) is 47.4 Å². The lowest BCUT2D eigenvalue weighted by atomic mass is 9.88. The summed E-state index contributed by atoms with van der Waals surface area (Å²) in [5.74, 6) is 1.11. The van der Waals surface area contributed by atoms with Gasteiger partial charge in [0.15, 0.2) is 0 Å². The number of carbonyl (C=O) groups is 2. The third kappa shape index (κ3) is 5.02. The lowest BCUT2D eigenvalue weighted by Crippen LogP contribution is -2.50. The molecule has 3 aliphatic rings. The number of hydrogen-bond donors (Lipinski definition) is 0. The monoisotopic (exact) mass is 576 g/mol. The van der Waals surface area contributed by atoms with Crippen LogP contribution in [0.3, 0.4) is 0 Å². The minimum absolute atomic E-state index is 0.0624. The molecule has 1 saturated heterocycles. The quantitative estimate of drug-likeness (QED) is 0.323. The molecule has 1 aromatic heterocycles. The molecule has 6 rings (SSSR count). The minimum atomic E-state index is -0.0624. The van der Waals surface area contributed by atoms with Gasteiger partial charge in [-0.2, -0.15) is 0 Å². The number of anilines is 1. The number of aromatic nitrogens is 2. The van der Waals surface area contributed by atoms with Crippen LogP contribution in [0.5, 0.6) is 0 Å². The summed E-state index contributed by atoms with van der Waals surface area (Å²) in [7, 11) is 0. The van der Waals surface area contributed by atoms with Crippen LogP contribution in [-0.2, 0) is 16.1 Å². The molecular formula is C31H37BrN4O2. The number of hydrogen-bond acceptors (Lipinski definition) is 3. The predicted molar refractivity (Wildman–Crippen MR) is 154 cm³/mol. The zero-order valence-electron chi connectivity index (χ0n) is 22.0. The average Bonchev–Trinajstić information content (AvgIpc) is 3.51. The maximum atomic E-state index is 14.2. The molecule has 2 aromatic carbocycles. The molecule has 2 amide bonds. The summed E-state index contributed by atoms with van der Waals surface area (Å²) in [4.78, 5) is 36.6. The summed E-state index contributed by atoms with van der Waals surface area (Å²) in [5, 5.41) is 0. The van der Waals surface area contributed by atoms with Gasteiger partial charge in [-0.1, -0.05) is 62.8 Å². The van der Waals surface area contributed by atoms with Crippen LogP contribution in [-0.4, -0.2) is 44.9 Å². The molecule has 1 atom stereocenters. The number of halogens is 1. The summed E-state index contributed by atoms with van der Waals surface area (Å²) < 4.78 is 3.03. The van der Waals surface area contributed by atoms with E-state index in [0.29, 0.717) is 31.6 Å². The van der Waals surface area contributed by atoms with E-state index in [2.05, 4.69) is 31.5 Å². The first-order valence-corrected chi connectivity index (χ1v) is 15.2. The molecule has 3 aromatic rings. The van der Waals surface area contributed by atoms with E-state index in [-0.39, 0.29) is 17.7 Å². The minimum Gasteiger partial charge on any atom is -0.335 e. The fourth-order valence-corrected chi connectivity index (χ4v) is 7.50. The second-order valence-corrected chi connectivity index (χ2v) is 12.1. The Hall–Kier alpha value is -2.67. The lowest BCUT2D eigenvalue weighted by Gasteiger charge is -2.42. The van der Waals surface area contributed by atoms with Crippen LogP contribution in [0.15, 0.2) is 53.0 Å². The van der Waals surface area contributed by atoms with Crippen LogP contribution in [0, 0.1) is 0 Å². The molecule has 7 heteroatoms. The van der Waals surface area contributed by atoms with Gasteiger partial charge in [0, 0.05) is 35.4 Å². The normalized spacial score (nSPS) is 21.3. The Labute approximate surface area is 233 Å². The molecule has 200 valence electrons. The fourth-order valence-electron chi connectivity index (χ4n) is 7.00. The molecule has 0 radical (unpaired) electrons. The van der Waals surface area contributed by atoms with Gasteiger partial charge in [-0.25, -0.2) is 4.98 Å². The van der Waals surface area contributed by atoms with Gasteiger partial charge in [-0.3, -0.25) is 9.59 Å². The second kappa shape index (κ2) is 11.2. The van der Waals surface area contributed by atoms with Crippen molar-refractivity contribution < 1.29 is 9.59 Å². The Morgan fingerprint density at radius 3 is 2.21 bits per heavy atom. The lowest BCUT2D eigenvalue weighted by molar-refractivity contribution is -0.138. The summed E-state index contributed by atoms with van der Waals surface area (Å²) in [6, 6.07) is 16.7. The topological polar surface area (TPSA) is 58.4 Å². The van der Waals surface area contributed by atoms with Gasteiger partial charge in [0.1, 0.15) is 12.4 Å². The van der Waals surface area contributed by atoms with E-state index < -0.39 is 0 Å². The van der Waals surface area contributed by atoms with Gasteiger partial charge in [0.2, 0.25) is 11.8 Å². The first-order valence-electron chi connectivity index (χ1n) is 14.4. The second-order valence-electron chi connectivity index (χ2n) is 11.3. The van der Waals surface area contributed by atoms with E-state index in [0.717, 1.165) is 52.7 Å². The highest BCUT2D eigenvalue weighted by Crippen LogP contribution is 2.37. The van der Waals surface area contributed by atoms with Crippen molar-refractivity contribution in [3.8, 4) is 0 Å². The summed E-state index contributed by atoms with van der Waals surface area (Å²) in [6.07, 6.45) is 12.3. The van der Waals surface area contributed by atoms with Crippen LogP contribution in [0.25, 0.3) is 11.0 Å². The number of imidazole rings is 1. The maximum Gasteiger partial charge on any atom is 0.243 e. The van der Waals surface area contributed by atoms with Crippen molar-refractivity contribution in [2.75, 3.05) is 11.4 Å². The third-order valence-electron chi connectivity index (χ3n) is 8.84. The molecule has 1 unspecified atom stereocenters. The molecule has 1 aliphatic heterocycles. The molecule has 2 aliphatic carbocycles. The highest BCUT2D eigenvalue weighted by Gasteiger charge is 2.37. The SMILES string of the molecule is O=C1CC(c2nc3ccccc3n2CC(=O)N(C2CCCCC2)C2CCCCC2)CN1c1ccccc1Br. The van der Waals surface area contributed by atoms with Crippen LogP contribution < -0.4 is 4.90 Å². The number of carbonyl (C=O) groups excluding carboxylic acids is 2. The van der Waals surface area contributed by atoms with Gasteiger partial charge in [0.05, 0.1) is 16.7 Å². The summed E-state index contributed by atoms with van der Waals surface area (Å²) >= 11 is 3.61. The van der Waals surface area contributed by atoms with Gasteiger partial charge >= 0.3 is 0 Å². The van der Waals surface area contributed by atoms with Crippen LogP contribution in [0.4, 0.5) is 5.69 Å². The maximum absolute atomic E-state index is 14.2. The Morgan fingerprint density at radius 2 is 1.53 bits per heavy atom. The zero-order valence-corrected chi connectivity index (χ0v) is 23.6. The standard InChI is InChI=1S/C31H37BrN4O2/c32-25-15-7-9-17-27(25)34-20-22(19-29(34)37)31-33-26-16-8-10-18-28(26)35(31)21-30(38)36(23-11-3-1-4-12-23)24-13-5-2-6-14-24/h7-10,15-18,22-24H,1-6,11-14,19-21H2. The number of amides is 2. The molecule has 2 saturated carbocycles. The molecule has 0 N–H and O–H groups in total. The third-order valence-corrected chi connectivity index (χ3v) is 9.51. The van der Waals surface area contributed by atoms with Crippen LogP contribution in [0.1, 0.15) is 82.4 Å². The van der Waals surface area contributed by atoms with Gasteiger partial charge in [-0.15, -0.1) is 0 Å². The van der Waals surface area contributed by atoms with E-state index >= 15 is 0 Å². The fraction of sp³-hybridized carbons (Fsp3) is 0.516. The zero-order chi connectivity index (χ0) is 26.1. The van der Waals surface area contributed by atoms with E-state index in [1.165, 1.54) is 38.5 Å².